The summed E-state index contributed by atoms with van der Waals surface area (Å²) >= 11 is 0. The highest BCUT2D eigenvalue weighted by molar-refractivity contribution is 5.65. The Labute approximate surface area is 146 Å². The summed E-state index contributed by atoms with van der Waals surface area (Å²) in [5, 5.41) is 0. The van der Waals surface area contributed by atoms with Gasteiger partial charge in [0.2, 0.25) is 5.95 Å². The van der Waals surface area contributed by atoms with Crippen LogP contribution in [0.2, 0.25) is 0 Å². The van der Waals surface area contributed by atoms with Crippen molar-refractivity contribution < 1.29 is 9.47 Å². The first-order valence-electron chi connectivity index (χ1n) is 8.56. The van der Waals surface area contributed by atoms with Crippen LogP contribution in [0.25, 0.3) is 11.3 Å². The van der Waals surface area contributed by atoms with Crippen molar-refractivity contribution in [1.29, 1.82) is 0 Å². The molecule has 0 bridgehead atoms. The van der Waals surface area contributed by atoms with Crippen LogP contribution in [-0.2, 0) is 9.47 Å². The molecule has 0 saturated carbocycles. The molecule has 2 saturated heterocycles. The van der Waals surface area contributed by atoms with Crippen LogP contribution in [-0.4, -0.2) is 67.6 Å². The van der Waals surface area contributed by atoms with Crippen LogP contribution in [0, 0.1) is 0 Å². The predicted octanol–water partition coefficient (Wildman–Crippen LogP) is 0.794. The standard InChI is InChI=1S/C17H22N6O2/c18-15-2-1-13(12-19-15)14-11-16(22-3-7-24-8-4-22)21-17(20-14)23-5-9-25-10-6-23/h1-2,11-12H,3-10H2,(H2,18,19). The summed E-state index contributed by atoms with van der Waals surface area (Å²) in [6.45, 7) is 6.09. The van der Waals surface area contributed by atoms with E-state index in [9.17, 15) is 0 Å². The fourth-order valence-corrected chi connectivity index (χ4v) is 2.99. The van der Waals surface area contributed by atoms with Gasteiger partial charge in [-0.15, -0.1) is 0 Å². The Balaban J connectivity index is 1.72. The van der Waals surface area contributed by atoms with E-state index in [0.717, 1.165) is 62.4 Å². The molecule has 25 heavy (non-hydrogen) atoms. The molecule has 0 atom stereocenters. The van der Waals surface area contributed by atoms with Crippen LogP contribution in [0.5, 0.6) is 0 Å². The van der Waals surface area contributed by atoms with Gasteiger partial charge >= 0.3 is 0 Å². The van der Waals surface area contributed by atoms with E-state index in [0.29, 0.717) is 19.0 Å². The van der Waals surface area contributed by atoms with E-state index >= 15 is 0 Å². The lowest BCUT2D eigenvalue weighted by Crippen LogP contribution is -2.39. The maximum Gasteiger partial charge on any atom is 0.228 e. The highest BCUT2D eigenvalue weighted by Crippen LogP contribution is 2.26. The fourth-order valence-electron chi connectivity index (χ4n) is 2.99. The molecule has 2 aliphatic heterocycles. The molecule has 8 nitrogen and oxygen atoms in total. The normalized spacial score (nSPS) is 18.4. The lowest BCUT2D eigenvalue weighted by Gasteiger charge is -2.31. The minimum Gasteiger partial charge on any atom is -0.384 e. The number of ether oxygens (including phenoxy) is 2. The van der Waals surface area contributed by atoms with Crippen LogP contribution < -0.4 is 15.5 Å². The van der Waals surface area contributed by atoms with Crippen LogP contribution in [0.1, 0.15) is 0 Å². The second kappa shape index (κ2) is 7.20. The summed E-state index contributed by atoms with van der Waals surface area (Å²) in [4.78, 5) is 18.2. The number of hydrogen-bond acceptors (Lipinski definition) is 8. The van der Waals surface area contributed by atoms with Crippen LogP contribution >= 0.6 is 0 Å². The molecule has 2 fully saturated rings. The largest absolute Gasteiger partial charge is 0.384 e. The number of rotatable bonds is 3. The Morgan fingerprint density at radius 3 is 2.20 bits per heavy atom. The average molecular weight is 342 g/mol. The molecular formula is C17H22N6O2. The lowest BCUT2D eigenvalue weighted by atomic mass is 10.2. The first-order valence-corrected chi connectivity index (χ1v) is 8.56. The summed E-state index contributed by atoms with van der Waals surface area (Å²) in [6, 6.07) is 5.75. The van der Waals surface area contributed by atoms with Crippen molar-refractivity contribution in [2.75, 3.05) is 68.1 Å². The van der Waals surface area contributed by atoms with E-state index in [1.807, 2.05) is 12.1 Å². The zero-order valence-corrected chi connectivity index (χ0v) is 14.1. The molecular weight excluding hydrogens is 320 g/mol. The molecule has 0 amide bonds. The van der Waals surface area contributed by atoms with E-state index < -0.39 is 0 Å². The molecule has 0 radical (unpaired) electrons. The van der Waals surface area contributed by atoms with Crippen molar-refractivity contribution in [1.82, 2.24) is 15.0 Å². The Bertz CT molecular complexity index is 675. The number of aromatic nitrogens is 3. The third kappa shape index (κ3) is 3.64. The van der Waals surface area contributed by atoms with Gasteiger partial charge in [-0.1, -0.05) is 0 Å². The van der Waals surface area contributed by atoms with Gasteiger partial charge in [-0.25, -0.2) is 9.97 Å². The molecule has 8 heteroatoms. The highest BCUT2D eigenvalue weighted by atomic mass is 16.5. The predicted molar refractivity (Wildman–Crippen MR) is 95.7 cm³/mol. The molecule has 4 rings (SSSR count). The van der Waals surface area contributed by atoms with E-state index in [1.165, 1.54) is 0 Å². The maximum atomic E-state index is 5.71. The van der Waals surface area contributed by atoms with E-state index in [1.54, 1.807) is 12.3 Å². The summed E-state index contributed by atoms with van der Waals surface area (Å²) in [6.07, 6.45) is 1.75. The lowest BCUT2D eigenvalue weighted by molar-refractivity contribution is 0.121. The van der Waals surface area contributed by atoms with Gasteiger partial charge in [-0.3, -0.25) is 0 Å². The Hall–Kier alpha value is -2.45. The number of morpholine rings is 2. The van der Waals surface area contributed by atoms with Gasteiger partial charge in [0.1, 0.15) is 11.6 Å². The SMILES string of the molecule is Nc1ccc(-c2cc(N3CCOCC3)nc(N3CCOCC3)n2)cn1. The van der Waals surface area contributed by atoms with Gasteiger partial charge in [0, 0.05) is 44.0 Å². The number of anilines is 3. The highest BCUT2D eigenvalue weighted by Gasteiger charge is 2.20. The summed E-state index contributed by atoms with van der Waals surface area (Å²) in [7, 11) is 0. The smallest absolute Gasteiger partial charge is 0.228 e. The first kappa shape index (κ1) is 16.0. The molecule has 0 aromatic carbocycles. The van der Waals surface area contributed by atoms with Crippen LogP contribution in [0.15, 0.2) is 24.4 Å². The summed E-state index contributed by atoms with van der Waals surface area (Å²) < 4.78 is 10.9. The average Bonchev–Trinajstić information content (AvgIpc) is 2.69. The molecule has 0 aliphatic carbocycles. The third-order valence-corrected chi connectivity index (χ3v) is 4.41. The van der Waals surface area contributed by atoms with Gasteiger partial charge in [-0.2, -0.15) is 4.98 Å². The molecule has 132 valence electrons. The Kier molecular flexibility index (Phi) is 4.62. The number of nitrogens with two attached hydrogens (primary N) is 1. The van der Waals surface area contributed by atoms with Crippen LogP contribution in [0.3, 0.4) is 0 Å². The van der Waals surface area contributed by atoms with E-state index in [2.05, 4.69) is 14.8 Å². The van der Waals surface area contributed by atoms with Gasteiger partial charge < -0.3 is 25.0 Å². The monoisotopic (exact) mass is 342 g/mol. The number of nitrogens with zero attached hydrogens (tertiary/aromatic N) is 5. The number of pyridine rings is 1. The first-order chi connectivity index (χ1) is 12.3. The second-order valence-corrected chi connectivity index (χ2v) is 6.08. The molecule has 0 unspecified atom stereocenters. The molecule has 2 aromatic rings. The number of nitrogen functional groups attached to an aromatic ring is 1. The van der Waals surface area contributed by atoms with Gasteiger partial charge in [0.25, 0.3) is 0 Å². The molecule has 2 N–H and O–H groups in total. The van der Waals surface area contributed by atoms with Crippen LogP contribution in [0.4, 0.5) is 17.6 Å². The molecule has 0 spiro atoms. The van der Waals surface area contributed by atoms with Crippen molar-refractivity contribution in [3.05, 3.63) is 24.4 Å². The van der Waals surface area contributed by atoms with E-state index in [4.69, 9.17) is 25.2 Å². The topological polar surface area (TPSA) is 89.6 Å². The fraction of sp³-hybridized carbons (Fsp3) is 0.471. The number of hydrogen-bond donors (Lipinski definition) is 1. The van der Waals surface area contributed by atoms with Crippen molar-refractivity contribution in [3.63, 3.8) is 0 Å². The molecule has 4 heterocycles. The van der Waals surface area contributed by atoms with Crippen molar-refractivity contribution in [3.8, 4) is 11.3 Å². The zero-order chi connectivity index (χ0) is 17.1. The quantitative estimate of drug-likeness (QED) is 0.876. The van der Waals surface area contributed by atoms with Gasteiger partial charge in [0.15, 0.2) is 0 Å². The minimum absolute atomic E-state index is 0.500. The summed E-state index contributed by atoms with van der Waals surface area (Å²) in [5.41, 5.74) is 7.49. The Morgan fingerprint density at radius 1 is 0.880 bits per heavy atom. The minimum atomic E-state index is 0.500. The van der Waals surface area contributed by atoms with E-state index in [-0.39, 0.29) is 0 Å². The van der Waals surface area contributed by atoms with Gasteiger partial charge in [0.05, 0.1) is 32.1 Å². The summed E-state index contributed by atoms with van der Waals surface area (Å²) in [5.74, 6) is 2.16. The van der Waals surface area contributed by atoms with Gasteiger partial charge in [-0.05, 0) is 12.1 Å². The van der Waals surface area contributed by atoms with Crippen molar-refractivity contribution in [2.45, 2.75) is 0 Å². The third-order valence-electron chi connectivity index (χ3n) is 4.41. The van der Waals surface area contributed by atoms with Crippen molar-refractivity contribution >= 4 is 17.6 Å². The van der Waals surface area contributed by atoms with Crippen molar-refractivity contribution in [2.24, 2.45) is 0 Å². The second-order valence-electron chi connectivity index (χ2n) is 6.08. The Morgan fingerprint density at radius 2 is 1.56 bits per heavy atom. The zero-order valence-electron chi connectivity index (χ0n) is 14.1. The molecule has 2 aromatic heterocycles. The maximum absolute atomic E-state index is 5.71. The molecule has 2 aliphatic rings.